The van der Waals surface area contributed by atoms with Crippen LogP contribution >= 0.6 is 0 Å². The maximum atomic E-state index is 12.3. The van der Waals surface area contributed by atoms with Crippen LogP contribution in [0, 0.1) is 5.41 Å². The van der Waals surface area contributed by atoms with Crippen molar-refractivity contribution in [2.75, 3.05) is 6.61 Å². The molecule has 2 N–H and O–H groups in total. The molecule has 0 heterocycles. The van der Waals surface area contributed by atoms with E-state index in [9.17, 15) is 9.59 Å². The van der Waals surface area contributed by atoms with Gasteiger partial charge in [0, 0.05) is 23.6 Å². The van der Waals surface area contributed by atoms with Crippen LogP contribution in [0.4, 0.5) is 0 Å². The average Bonchev–Trinajstić information content (AvgIpc) is 2.69. The maximum absolute atomic E-state index is 12.3. The lowest BCUT2D eigenvalue weighted by Gasteiger charge is -2.32. The lowest BCUT2D eigenvalue weighted by Crippen LogP contribution is -2.46. The van der Waals surface area contributed by atoms with E-state index in [0.717, 1.165) is 43.4 Å². The first kappa shape index (κ1) is 22.0. The normalized spacial score (nSPS) is 20.0. The topological polar surface area (TPSA) is 67.4 Å². The number of nitrogens with one attached hydrogen (secondary N) is 2. The highest BCUT2D eigenvalue weighted by Crippen LogP contribution is 2.23. The third-order valence-electron chi connectivity index (χ3n) is 5.53. The quantitative estimate of drug-likeness (QED) is 0.662. The van der Waals surface area contributed by atoms with Gasteiger partial charge in [0.2, 0.25) is 11.8 Å². The maximum Gasteiger partial charge on any atom is 0.244 e. The molecular weight excluding hydrogens is 352 g/mol. The smallest absolute Gasteiger partial charge is 0.244 e. The van der Waals surface area contributed by atoms with E-state index in [1.54, 1.807) is 6.08 Å². The first-order valence-electron chi connectivity index (χ1n) is 10.4. The van der Waals surface area contributed by atoms with Crippen LogP contribution in [0.25, 0.3) is 6.08 Å². The molecule has 5 nitrogen and oxygen atoms in total. The van der Waals surface area contributed by atoms with E-state index in [2.05, 4.69) is 10.6 Å². The van der Waals surface area contributed by atoms with Crippen molar-refractivity contribution in [3.8, 4) is 5.75 Å². The van der Waals surface area contributed by atoms with Gasteiger partial charge >= 0.3 is 0 Å². The highest BCUT2D eigenvalue weighted by Gasteiger charge is 2.29. The zero-order valence-corrected chi connectivity index (χ0v) is 17.6. The fourth-order valence-electron chi connectivity index (χ4n) is 3.19. The summed E-state index contributed by atoms with van der Waals surface area (Å²) in [5.74, 6) is 0.879. The molecule has 0 aromatic heterocycles. The molecule has 0 saturated heterocycles. The van der Waals surface area contributed by atoms with Crippen molar-refractivity contribution in [3.05, 3.63) is 35.9 Å². The molecule has 0 spiro atoms. The molecule has 2 amide bonds. The van der Waals surface area contributed by atoms with Crippen molar-refractivity contribution in [3.63, 3.8) is 0 Å². The molecule has 0 bridgehead atoms. The summed E-state index contributed by atoms with van der Waals surface area (Å²) < 4.78 is 5.41. The summed E-state index contributed by atoms with van der Waals surface area (Å²) in [5.41, 5.74) is 0.639. The van der Waals surface area contributed by atoms with E-state index in [1.807, 2.05) is 58.0 Å². The molecule has 0 atom stereocenters. The van der Waals surface area contributed by atoms with Crippen LogP contribution in [-0.4, -0.2) is 30.5 Å². The SMILES string of the molecule is CCOc1ccc(/C=C/C(=O)NC2CCC(NC(=O)C(C)(C)CC)CC2)cc1. The predicted octanol–water partition coefficient (Wildman–Crippen LogP) is 4.08. The number of carbonyl (C=O) groups excluding carboxylic acids is 2. The van der Waals surface area contributed by atoms with Crippen molar-refractivity contribution >= 4 is 17.9 Å². The summed E-state index contributed by atoms with van der Waals surface area (Å²) in [6.07, 6.45) is 7.79. The minimum absolute atomic E-state index is 0.0755. The molecule has 1 aliphatic rings. The second kappa shape index (κ2) is 10.3. The first-order chi connectivity index (χ1) is 13.3. The molecule has 0 radical (unpaired) electrons. The number of benzene rings is 1. The minimum atomic E-state index is -0.323. The number of ether oxygens (including phenoxy) is 1. The van der Waals surface area contributed by atoms with Crippen LogP contribution in [0.5, 0.6) is 5.75 Å². The highest BCUT2D eigenvalue weighted by atomic mass is 16.5. The molecule has 154 valence electrons. The highest BCUT2D eigenvalue weighted by molar-refractivity contribution is 5.91. The Morgan fingerprint density at radius 2 is 1.61 bits per heavy atom. The summed E-state index contributed by atoms with van der Waals surface area (Å²) in [6.45, 7) is 8.58. The Labute approximate surface area is 168 Å². The van der Waals surface area contributed by atoms with Crippen molar-refractivity contribution in [1.29, 1.82) is 0 Å². The van der Waals surface area contributed by atoms with Gasteiger partial charge in [-0.2, -0.15) is 0 Å². The summed E-state index contributed by atoms with van der Waals surface area (Å²) in [6, 6.07) is 8.05. The Morgan fingerprint density at radius 1 is 1.04 bits per heavy atom. The first-order valence-corrected chi connectivity index (χ1v) is 10.4. The van der Waals surface area contributed by atoms with E-state index in [4.69, 9.17) is 4.74 Å². The Morgan fingerprint density at radius 3 is 2.14 bits per heavy atom. The number of rotatable bonds is 8. The lowest BCUT2D eigenvalue weighted by atomic mass is 9.86. The predicted molar refractivity (Wildman–Crippen MR) is 113 cm³/mol. The molecule has 1 aliphatic carbocycles. The summed E-state index contributed by atoms with van der Waals surface area (Å²) in [7, 11) is 0. The molecule has 1 fully saturated rings. The molecule has 1 saturated carbocycles. The summed E-state index contributed by atoms with van der Waals surface area (Å²) in [4.78, 5) is 24.5. The van der Waals surface area contributed by atoms with Gasteiger partial charge < -0.3 is 15.4 Å². The molecule has 0 unspecified atom stereocenters. The van der Waals surface area contributed by atoms with E-state index in [1.165, 1.54) is 0 Å². The van der Waals surface area contributed by atoms with Crippen molar-refractivity contribution < 1.29 is 14.3 Å². The van der Waals surface area contributed by atoms with Gasteiger partial charge in [0.15, 0.2) is 0 Å². The van der Waals surface area contributed by atoms with Crippen molar-refractivity contribution in [2.45, 2.75) is 71.9 Å². The second-order valence-electron chi connectivity index (χ2n) is 8.10. The molecule has 0 aliphatic heterocycles. The molecular formula is C23H34N2O3. The van der Waals surface area contributed by atoms with Gasteiger partial charge in [-0.05, 0) is 62.8 Å². The molecule has 5 heteroatoms. The van der Waals surface area contributed by atoms with E-state index < -0.39 is 0 Å². The monoisotopic (exact) mass is 386 g/mol. The van der Waals surface area contributed by atoms with Gasteiger partial charge in [-0.25, -0.2) is 0 Å². The number of hydrogen-bond acceptors (Lipinski definition) is 3. The molecule has 1 aromatic rings. The van der Waals surface area contributed by atoms with Gasteiger partial charge in [0.05, 0.1) is 6.61 Å². The average molecular weight is 387 g/mol. The van der Waals surface area contributed by atoms with Gasteiger partial charge in [-0.3, -0.25) is 9.59 Å². The van der Waals surface area contributed by atoms with Gasteiger partial charge in [-0.15, -0.1) is 0 Å². The minimum Gasteiger partial charge on any atom is -0.494 e. The van der Waals surface area contributed by atoms with Crippen LogP contribution in [0.15, 0.2) is 30.3 Å². The fourth-order valence-corrected chi connectivity index (χ4v) is 3.19. The van der Waals surface area contributed by atoms with Gasteiger partial charge in [0.1, 0.15) is 5.75 Å². The Kier molecular flexibility index (Phi) is 8.09. The third-order valence-corrected chi connectivity index (χ3v) is 5.53. The zero-order chi connectivity index (χ0) is 20.6. The molecule has 2 rings (SSSR count). The largest absolute Gasteiger partial charge is 0.494 e. The van der Waals surface area contributed by atoms with E-state index >= 15 is 0 Å². The van der Waals surface area contributed by atoms with Crippen molar-refractivity contribution in [2.24, 2.45) is 5.41 Å². The zero-order valence-electron chi connectivity index (χ0n) is 17.6. The Bertz CT molecular complexity index is 672. The van der Waals surface area contributed by atoms with E-state index in [0.29, 0.717) is 6.61 Å². The molecule has 1 aromatic carbocycles. The number of hydrogen-bond donors (Lipinski definition) is 2. The van der Waals surface area contributed by atoms with Gasteiger partial charge in [-0.1, -0.05) is 32.9 Å². The van der Waals surface area contributed by atoms with Crippen LogP contribution in [0.3, 0.4) is 0 Å². The van der Waals surface area contributed by atoms with Crippen LogP contribution < -0.4 is 15.4 Å². The fraction of sp³-hybridized carbons (Fsp3) is 0.565. The molecule has 28 heavy (non-hydrogen) atoms. The second-order valence-corrected chi connectivity index (χ2v) is 8.10. The Hall–Kier alpha value is -2.30. The summed E-state index contributed by atoms with van der Waals surface area (Å²) in [5, 5.41) is 6.24. The lowest BCUT2D eigenvalue weighted by molar-refractivity contribution is -0.130. The summed E-state index contributed by atoms with van der Waals surface area (Å²) >= 11 is 0. The third kappa shape index (κ3) is 6.70. The van der Waals surface area contributed by atoms with Crippen LogP contribution in [-0.2, 0) is 9.59 Å². The Balaban J connectivity index is 1.75. The van der Waals surface area contributed by atoms with Gasteiger partial charge in [0.25, 0.3) is 0 Å². The number of carbonyl (C=O) groups is 2. The standard InChI is InChI=1S/C23H34N2O3/c1-5-23(3,4)22(27)25-19-12-10-18(11-13-19)24-21(26)16-9-17-7-14-20(15-8-17)28-6-2/h7-9,14-16,18-19H,5-6,10-13H2,1-4H3,(H,24,26)(H,25,27)/b16-9+. The van der Waals surface area contributed by atoms with E-state index in [-0.39, 0.29) is 29.3 Å². The van der Waals surface area contributed by atoms with Crippen LogP contribution in [0.2, 0.25) is 0 Å². The van der Waals surface area contributed by atoms with Crippen LogP contribution in [0.1, 0.15) is 65.4 Å². The number of amides is 2. The van der Waals surface area contributed by atoms with Crippen molar-refractivity contribution in [1.82, 2.24) is 10.6 Å².